The van der Waals surface area contributed by atoms with E-state index in [1.807, 2.05) is 31.2 Å². The first-order valence-electron chi connectivity index (χ1n) is 5.95. The average molecular weight is 352 g/mol. The molecule has 1 heterocycles. The molecule has 0 saturated heterocycles. The monoisotopic (exact) mass is 351 g/mol. The van der Waals surface area contributed by atoms with Crippen molar-refractivity contribution in [3.8, 4) is 0 Å². The molecule has 0 aliphatic rings. The Balaban J connectivity index is 1.90. The number of aromatic nitrogens is 1. The van der Waals surface area contributed by atoms with Gasteiger partial charge in [-0.05, 0) is 42.8 Å². The molecule has 0 aliphatic heterocycles. The van der Waals surface area contributed by atoms with Gasteiger partial charge in [0.25, 0.3) is 0 Å². The second-order valence-electron chi connectivity index (χ2n) is 4.21. The zero-order chi connectivity index (χ0) is 14.5. The largest absolute Gasteiger partial charge is 0.384 e. The number of nitrogen functional groups attached to an aromatic ring is 1. The Kier molecular flexibility index (Phi) is 5.03. The molecule has 0 atom stereocenters. The highest BCUT2D eigenvalue weighted by atomic mass is 79.9. The van der Waals surface area contributed by atoms with E-state index >= 15 is 0 Å². The molecule has 20 heavy (non-hydrogen) atoms. The lowest BCUT2D eigenvalue weighted by Gasteiger charge is -2.08. The molecular formula is C14H14BrN3OS. The van der Waals surface area contributed by atoms with Gasteiger partial charge in [0, 0.05) is 21.3 Å². The molecule has 2 aromatic rings. The van der Waals surface area contributed by atoms with Gasteiger partial charge in [-0.1, -0.05) is 15.9 Å². The van der Waals surface area contributed by atoms with Crippen LogP contribution in [0.5, 0.6) is 0 Å². The number of pyridine rings is 1. The fourth-order valence-electron chi connectivity index (χ4n) is 1.58. The lowest BCUT2D eigenvalue weighted by atomic mass is 10.2. The van der Waals surface area contributed by atoms with E-state index in [4.69, 9.17) is 5.73 Å². The Morgan fingerprint density at radius 3 is 2.85 bits per heavy atom. The van der Waals surface area contributed by atoms with Crippen molar-refractivity contribution in [1.29, 1.82) is 0 Å². The number of aryl methyl sites for hydroxylation is 1. The predicted molar refractivity (Wildman–Crippen MR) is 86.9 cm³/mol. The number of anilines is 2. The number of hydrogen-bond donors (Lipinski definition) is 2. The predicted octanol–water partition coefficient (Wildman–Crippen LogP) is 3.47. The Labute approximate surface area is 130 Å². The first kappa shape index (κ1) is 14.9. The fraction of sp³-hybridized carbons (Fsp3) is 0.143. The van der Waals surface area contributed by atoms with E-state index in [-0.39, 0.29) is 5.91 Å². The van der Waals surface area contributed by atoms with E-state index in [9.17, 15) is 4.79 Å². The van der Waals surface area contributed by atoms with Crippen LogP contribution in [0.15, 0.2) is 45.9 Å². The van der Waals surface area contributed by atoms with Gasteiger partial charge in [-0.2, -0.15) is 0 Å². The number of thioether (sulfide) groups is 1. The van der Waals surface area contributed by atoms with Crippen LogP contribution < -0.4 is 11.1 Å². The lowest BCUT2D eigenvalue weighted by Crippen LogP contribution is -2.14. The summed E-state index contributed by atoms with van der Waals surface area (Å²) in [7, 11) is 0. The summed E-state index contributed by atoms with van der Waals surface area (Å²) in [6.07, 6.45) is 1.66. The third kappa shape index (κ3) is 4.25. The molecule has 0 bridgehead atoms. The maximum Gasteiger partial charge on any atom is 0.234 e. The van der Waals surface area contributed by atoms with E-state index in [1.165, 1.54) is 11.8 Å². The minimum Gasteiger partial charge on any atom is -0.384 e. The van der Waals surface area contributed by atoms with Crippen LogP contribution in [0.25, 0.3) is 0 Å². The van der Waals surface area contributed by atoms with E-state index in [1.54, 1.807) is 12.3 Å². The van der Waals surface area contributed by atoms with E-state index < -0.39 is 0 Å². The standard InChI is InChI=1S/C14H14BrN3OS/c1-9-6-10(15)2-4-12(9)18-14(19)8-20-11-3-5-13(16)17-7-11/h2-7H,8H2,1H3,(H2,16,17)(H,18,19). The second kappa shape index (κ2) is 6.76. The van der Waals surface area contributed by atoms with E-state index in [0.29, 0.717) is 11.6 Å². The van der Waals surface area contributed by atoms with Crippen LogP contribution in [0.1, 0.15) is 5.56 Å². The highest BCUT2D eigenvalue weighted by molar-refractivity contribution is 9.10. The summed E-state index contributed by atoms with van der Waals surface area (Å²) in [5, 5.41) is 2.89. The van der Waals surface area contributed by atoms with E-state index in [0.717, 1.165) is 20.6 Å². The molecule has 0 fully saturated rings. The summed E-state index contributed by atoms with van der Waals surface area (Å²) >= 11 is 4.82. The number of nitrogens with two attached hydrogens (primary N) is 1. The average Bonchev–Trinajstić information content (AvgIpc) is 2.41. The van der Waals surface area contributed by atoms with Crippen molar-refractivity contribution >= 4 is 45.1 Å². The summed E-state index contributed by atoms with van der Waals surface area (Å²) in [6.45, 7) is 1.96. The van der Waals surface area contributed by atoms with Crippen molar-refractivity contribution in [2.45, 2.75) is 11.8 Å². The number of carbonyl (C=O) groups is 1. The molecule has 0 aliphatic carbocycles. The number of carbonyl (C=O) groups excluding carboxylic acids is 1. The van der Waals surface area contributed by atoms with Gasteiger partial charge in [0.15, 0.2) is 0 Å². The molecule has 4 nitrogen and oxygen atoms in total. The van der Waals surface area contributed by atoms with Crippen LogP contribution in [0.2, 0.25) is 0 Å². The Morgan fingerprint density at radius 2 is 2.20 bits per heavy atom. The third-order valence-corrected chi connectivity index (χ3v) is 4.07. The highest BCUT2D eigenvalue weighted by Crippen LogP contribution is 2.21. The summed E-state index contributed by atoms with van der Waals surface area (Å²) in [4.78, 5) is 16.8. The van der Waals surface area contributed by atoms with E-state index in [2.05, 4.69) is 26.2 Å². The van der Waals surface area contributed by atoms with Gasteiger partial charge in [0.05, 0.1) is 5.75 Å². The summed E-state index contributed by atoms with van der Waals surface area (Å²) < 4.78 is 0.996. The van der Waals surface area contributed by atoms with Crippen molar-refractivity contribution in [1.82, 2.24) is 4.98 Å². The van der Waals surface area contributed by atoms with Crippen molar-refractivity contribution in [2.24, 2.45) is 0 Å². The number of nitrogens with one attached hydrogen (secondary N) is 1. The highest BCUT2D eigenvalue weighted by Gasteiger charge is 2.06. The number of benzene rings is 1. The zero-order valence-electron chi connectivity index (χ0n) is 10.9. The van der Waals surface area contributed by atoms with Crippen molar-refractivity contribution in [3.05, 3.63) is 46.6 Å². The summed E-state index contributed by atoms with van der Waals surface area (Å²) in [5.41, 5.74) is 7.36. The molecule has 0 radical (unpaired) electrons. The van der Waals surface area contributed by atoms with Crippen LogP contribution in [-0.2, 0) is 4.79 Å². The first-order valence-corrected chi connectivity index (χ1v) is 7.73. The van der Waals surface area contributed by atoms with Gasteiger partial charge >= 0.3 is 0 Å². The first-order chi connectivity index (χ1) is 9.54. The van der Waals surface area contributed by atoms with Gasteiger partial charge < -0.3 is 11.1 Å². The van der Waals surface area contributed by atoms with Gasteiger partial charge in [-0.25, -0.2) is 4.98 Å². The molecule has 0 saturated carbocycles. The molecule has 1 amide bonds. The second-order valence-corrected chi connectivity index (χ2v) is 6.18. The quantitative estimate of drug-likeness (QED) is 0.827. The molecule has 0 spiro atoms. The summed E-state index contributed by atoms with van der Waals surface area (Å²) in [6, 6.07) is 9.32. The van der Waals surface area contributed by atoms with Gasteiger partial charge in [0.2, 0.25) is 5.91 Å². The number of rotatable bonds is 4. The maximum absolute atomic E-state index is 11.9. The molecule has 2 rings (SSSR count). The fourth-order valence-corrected chi connectivity index (χ4v) is 2.72. The van der Waals surface area contributed by atoms with Gasteiger partial charge in [-0.15, -0.1) is 11.8 Å². The van der Waals surface area contributed by atoms with Crippen LogP contribution in [0.4, 0.5) is 11.5 Å². The van der Waals surface area contributed by atoms with Gasteiger partial charge in [0.1, 0.15) is 5.82 Å². The number of amides is 1. The third-order valence-electron chi connectivity index (χ3n) is 2.59. The SMILES string of the molecule is Cc1cc(Br)ccc1NC(=O)CSc1ccc(N)nc1. The number of nitrogens with zero attached hydrogens (tertiary/aromatic N) is 1. The topological polar surface area (TPSA) is 68.0 Å². The lowest BCUT2D eigenvalue weighted by molar-refractivity contribution is -0.113. The minimum absolute atomic E-state index is 0.0442. The molecule has 3 N–H and O–H groups in total. The van der Waals surface area contributed by atoms with Crippen LogP contribution >= 0.6 is 27.7 Å². The number of halogens is 1. The zero-order valence-corrected chi connectivity index (χ0v) is 13.3. The maximum atomic E-state index is 11.9. The Bertz CT molecular complexity index is 616. The Morgan fingerprint density at radius 1 is 1.40 bits per heavy atom. The van der Waals surface area contributed by atoms with Crippen molar-refractivity contribution < 1.29 is 4.79 Å². The van der Waals surface area contributed by atoms with Crippen LogP contribution in [0, 0.1) is 6.92 Å². The Hall–Kier alpha value is -1.53. The van der Waals surface area contributed by atoms with Crippen molar-refractivity contribution in [2.75, 3.05) is 16.8 Å². The van der Waals surface area contributed by atoms with Crippen LogP contribution in [0.3, 0.4) is 0 Å². The normalized spacial score (nSPS) is 10.3. The number of hydrogen-bond acceptors (Lipinski definition) is 4. The smallest absolute Gasteiger partial charge is 0.234 e. The van der Waals surface area contributed by atoms with Crippen molar-refractivity contribution in [3.63, 3.8) is 0 Å². The molecule has 0 unspecified atom stereocenters. The molecule has 1 aromatic carbocycles. The molecular weight excluding hydrogens is 338 g/mol. The molecule has 1 aromatic heterocycles. The van der Waals surface area contributed by atoms with Gasteiger partial charge in [-0.3, -0.25) is 4.79 Å². The molecule has 104 valence electrons. The van der Waals surface area contributed by atoms with Crippen LogP contribution in [-0.4, -0.2) is 16.6 Å². The minimum atomic E-state index is -0.0442. The molecule has 6 heteroatoms. The summed E-state index contributed by atoms with van der Waals surface area (Å²) in [5.74, 6) is 0.766.